The minimum Gasteiger partial charge on any atom is -0.780 e. The van der Waals surface area contributed by atoms with Gasteiger partial charge in [0.15, 0.2) is 0 Å². The van der Waals surface area contributed by atoms with Gasteiger partial charge in [0, 0.05) is 0 Å². The van der Waals surface area contributed by atoms with E-state index in [1.54, 1.807) is 0 Å². The first-order chi connectivity index (χ1) is 6.88. The second-order valence-corrected chi connectivity index (χ2v) is 3.67. The molecule has 0 bridgehead atoms. The molecule has 0 unspecified atom stereocenters. The smallest absolute Gasteiger partial charge is 0.780 e. The van der Waals surface area contributed by atoms with E-state index < -0.39 is 0 Å². The van der Waals surface area contributed by atoms with Crippen LogP contribution >= 0.6 is 0 Å². The molecule has 0 aliphatic carbocycles. The topological polar surface area (TPSA) is 0 Å². The summed E-state index contributed by atoms with van der Waals surface area (Å²) in [5, 5.41) is 0.0670. The molecule has 2 aromatic rings. The second kappa shape index (κ2) is 6.39. The molecule has 0 atom stereocenters. The molecule has 0 spiro atoms. The van der Waals surface area contributed by atoms with Crippen molar-refractivity contribution in [3.05, 3.63) is 71.8 Å². The third kappa shape index (κ3) is 3.39. The van der Waals surface area contributed by atoms with Crippen molar-refractivity contribution in [2.45, 2.75) is 5.25 Å². The molecular weight excluding hydrogens is 211 g/mol. The summed E-state index contributed by atoms with van der Waals surface area (Å²) in [4.78, 5) is 0. The summed E-state index contributed by atoms with van der Waals surface area (Å²) in [6.45, 7) is 0. The van der Waals surface area contributed by atoms with E-state index in [0.29, 0.717) is 0 Å². The van der Waals surface area contributed by atoms with E-state index in [0.717, 1.165) is 0 Å². The number of hydrogen-bond donors (Lipinski definition) is 0. The van der Waals surface area contributed by atoms with Crippen molar-refractivity contribution < 1.29 is 29.6 Å². The van der Waals surface area contributed by atoms with Crippen LogP contribution in [0.4, 0.5) is 0 Å². The molecule has 0 fully saturated rings. The Morgan fingerprint density at radius 1 is 0.667 bits per heavy atom. The van der Waals surface area contributed by atoms with Crippen LogP contribution < -0.4 is 29.6 Å². The summed E-state index contributed by atoms with van der Waals surface area (Å²) in [6.07, 6.45) is 0. The van der Waals surface area contributed by atoms with Crippen LogP contribution in [-0.4, -0.2) is 0 Å². The van der Waals surface area contributed by atoms with Crippen LogP contribution in [0.5, 0.6) is 0 Å². The van der Waals surface area contributed by atoms with E-state index in [2.05, 4.69) is 24.3 Å². The predicted octanol–water partition coefficient (Wildman–Crippen LogP) is 0.327. The van der Waals surface area contributed by atoms with Gasteiger partial charge in [-0.15, -0.1) is 5.25 Å². The maximum Gasteiger partial charge on any atom is 1.00 e. The molecule has 0 nitrogen and oxygen atoms in total. The molecule has 15 heavy (non-hydrogen) atoms. The quantitative estimate of drug-likeness (QED) is 0.521. The zero-order valence-corrected chi connectivity index (χ0v) is 11.6. The Labute approximate surface area is 118 Å². The van der Waals surface area contributed by atoms with Crippen molar-refractivity contribution in [3.8, 4) is 0 Å². The Bertz CT molecular complexity index is 346. The minimum absolute atomic E-state index is 0. The molecular formula is C13H11NaS. The molecule has 2 heteroatoms. The van der Waals surface area contributed by atoms with Crippen molar-refractivity contribution in [2.75, 3.05) is 0 Å². The molecule has 0 amide bonds. The van der Waals surface area contributed by atoms with Crippen molar-refractivity contribution in [1.82, 2.24) is 0 Å². The minimum atomic E-state index is 0. The maximum absolute atomic E-state index is 5.47. The van der Waals surface area contributed by atoms with Crippen LogP contribution in [0.2, 0.25) is 0 Å². The fourth-order valence-electron chi connectivity index (χ4n) is 1.45. The molecule has 70 valence electrons. The van der Waals surface area contributed by atoms with Crippen LogP contribution in [0.15, 0.2) is 60.7 Å². The maximum atomic E-state index is 5.47. The fraction of sp³-hybridized carbons (Fsp3) is 0.0769. The van der Waals surface area contributed by atoms with Gasteiger partial charge in [0.05, 0.1) is 0 Å². The van der Waals surface area contributed by atoms with E-state index in [4.69, 9.17) is 12.6 Å². The summed E-state index contributed by atoms with van der Waals surface area (Å²) >= 11 is 5.47. The standard InChI is InChI=1S/C13H12S.Na/c14-13(11-7-3-1-4-8-11)12-9-5-2-6-10-12;/h1-10,13-14H;/q;+1/p-1. The summed E-state index contributed by atoms with van der Waals surface area (Å²) < 4.78 is 0. The van der Waals surface area contributed by atoms with Gasteiger partial charge in [-0.2, -0.15) is 0 Å². The van der Waals surface area contributed by atoms with Crippen LogP contribution in [-0.2, 0) is 12.6 Å². The monoisotopic (exact) mass is 222 g/mol. The molecule has 0 aliphatic heterocycles. The van der Waals surface area contributed by atoms with Gasteiger partial charge in [-0.05, 0) is 0 Å². The number of benzene rings is 2. The van der Waals surface area contributed by atoms with Crippen LogP contribution in [0, 0.1) is 0 Å². The summed E-state index contributed by atoms with van der Waals surface area (Å²) in [7, 11) is 0. The Kier molecular flexibility index (Phi) is 5.48. The van der Waals surface area contributed by atoms with Gasteiger partial charge < -0.3 is 12.6 Å². The Hall–Kier alpha value is -0.210. The summed E-state index contributed by atoms with van der Waals surface area (Å²) in [5.74, 6) is 0. The molecule has 0 aromatic heterocycles. The zero-order chi connectivity index (χ0) is 9.80. The van der Waals surface area contributed by atoms with Gasteiger partial charge in [-0.25, -0.2) is 0 Å². The molecule has 0 aliphatic rings. The Morgan fingerprint density at radius 2 is 1.00 bits per heavy atom. The summed E-state index contributed by atoms with van der Waals surface area (Å²) in [5.41, 5.74) is 2.38. The molecule has 2 rings (SSSR count). The van der Waals surface area contributed by atoms with Gasteiger partial charge in [0.2, 0.25) is 0 Å². The molecule has 0 saturated carbocycles. The van der Waals surface area contributed by atoms with Crippen LogP contribution in [0.25, 0.3) is 0 Å². The van der Waals surface area contributed by atoms with Crippen molar-refractivity contribution in [1.29, 1.82) is 0 Å². The average Bonchev–Trinajstić information content (AvgIpc) is 2.30. The second-order valence-electron chi connectivity index (χ2n) is 3.20. The van der Waals surface area contributed by atoms with Crippen molar-refractivity contribution >= 4 is 12.6 Å². The Morgan fingerprint density at radius 3 is 1.33 bits per heavy atom. The van der Waals surface area contributed by atoms with E-state index in [1.807, 2.05) is 36.4 Å². The first kappa shape index (κ1) is 12.9. The van der Waals surface area contributed by atoms with E-state index >= 15 is 0 Å². The number of hydrogen-bond acceptors (Lipinski definition) is 1. The van der Waals surface area contributed by atoms with Crippen molar-refractivity contribution in [2.24, 2.45) is 0 Å². The largest absolute Gasteiger partial charge is 1.00 e. The molecule has 0 saturated heterocycles. The van der Waals surface area contributed by atoms with E-state index in [-0.39, 0.29) is 34.8 Å². The van der Waals surface area contributed by atoms with E-state index in [1.165, 1.54) is 11.1 Å². The zero-order valence-electron chi connectivity index (χ0n) is 8.76. The fourth-order valence-corrected chi connectivity index (χ4v) is 1.76. The third-order valence-corrected chi connectivity index (χ3v) is 2.75. The predicted molar refractivity (Wildman–Crippen MR) is 62.1 cm³/mol. The molecule has 2 aromatic carbocycles. The SMILES string of the molecule is [Na+].[S-]C(c1ccccc1)c1ccccc1. The van der Waals surface area contributed by atoms with Crippen LogP contribution in [0.1, 0.15) is 16.4 Å². The van der Waals surface area contributed by atoms with Gasteiger partial charge >= 0.3 is 29.6 Å². The average molecular weight is 222 g/mol. The molecule has 0 radical (unpaired) electrons. The first-order valence-electron chi connectivity index (χ1n) is 4.63. The van der Waals surface area contributed by atoms with E-state index in [9.17, 15) is 0 Å². The van der Waals surface area contributed by atoms with Crippen molar-refractivity contribution in [3.63, 3.8) is 0 Å². The van der Waals surface area contributed by atoms with Gasteiger partial charge in [-0.1, -0.05) is 71.8 Å². The van der Waals surface area contributed by atoms with Crippen LogP contribution in [0.3, 0.4) is 0 Å². The Balaban J connectivity index is 0.00000112. The normalized spacial score (nSPS) is 9.73. The van der Waals surface area contributed by atoms with Gasteiger partial charge in [0.25, 0.3) is 0 Å². The first-order valence-corrected chi connectivity index (χ1v) is 5.11. The third-order valence-electron chi connectivity index (χ3n) is 2.20. The molecule has 0 heterocycles. The molecule has 0 N–H and O–H groups in total. The number of rotatable bonds is 2. The van der Waals surface area contributed by atoms with Gasteiger partial charge in [0.1, 0.15) is 0 Å². The van der Waals surface area contributed by atoms with Gasteiger partial charge in [-0.3, -0.25) is 0 Å². The summed E-state index contributed by atoms with van der Waals surface area (Å²) in [6, 6.07) is 20.4.